The highest BCUT2D eigenvalue weighted by Gasteiger charge is 2.28. The molecule has 0 aliphatic carbocycles. The largest absolute Gasteiger partial charge is 0.380 e. The van der Waals surface area contributed by atoms with Gasteiger partial charge in [-0.05, 0) is 48.4 Å². The summed E-state index contributed by atoms with van der Waals surface area (Å²) in [5.74, 6) is -1.97. The number of carbonyl (C=O) groups excluding carboxylic acids is 1. The number of methoxy groups -OCH3 is 1. The van der Waals surface area contributed by atoms with E-state index in [1.807, 2.05) is 12.1 Å². The third kappa shape index (κ3) is 4.26. The van der Waals surface area contributed by atoms with Gasteiger partial charge in [-0.1, -0.05) is 18.2 Å². The third-order valence-electron chi connectivity index (χ3n) is 4.70. The summed E-state index contributed by atoms with van der Waals surface area (Å²) in [4.78, 5) is 12.6. The van der Waals surface area contributed by atoms with Crippen LogP contribution in [0.1, 0.15) is 33.8 Å². The molecule has 3 rings (SSSR count). The van der Waals surface area contributed by atoms with Crippen LogP contribution in [0.5, 0.6) is 0 Å². The molecule has 2 atom stereocenters. The van der Waals surface area contributed by atoms with Crippen LogP contribution >= 0.6 is 0 Å². The Bertz CT molecular complexity index is 765. The van der Waals surface area contributed by atoms with Gasteiger partial charge in [0, 0.05) is 31.2 Å². The summed E-state index contributed by atoms with van der Waals surface area (Å²) in [5.41, 5.74) is 2.24. The molecule has 1 saturated heterocycles. The molecule has 6 heteroatoms. The Morgan fingerprint density at radius 3 is 2.65 bits per heavy atom. The van der Waals surface area contributed by atoms with Gasteiger partial charge < -0.3 is 15.4 Å². The van der Waals surface area contributed by atoms with Crippen LogP contribution < -0.4 is 10.6 Å². The molecule has 2 aromatic carbocycles. The number of piperidine rings is 1. The van der Waals surface area contributed by atoms with E-state index in [0.29, 0.717) is 24.3 Å². The number of nitrogens with one attached hydrogen (secondary N) is 2. The fourth-order valence-corrected chi connectivity index (χ4v) is 3.32. The first kappa shape index (κ1) is 18.5. The molecule has 1 fully saturated rings. The van der Waals surface area contributed by atoms with Crippen molar-refractivity contribution in [3.63, 3.8) is 0 Å². The zero-order chi connectivity index (χ0) is 18.5. The topological polar surface area (TPSA) is 50.4 Å². The van der Waals surface area contributed by atoms with Gasteiger partial charge in [0.05, 0.1) is 6.61 Å². The van der Waals surface area contributed by atoms with Gasteiger partial charge in [-0.15, -0.1) is 0 Å². The molecule has 26 heavy (non-hydrogen) atoms. The molecule has 4 nitrogen and oxygen atoms in total. The fraction of sp³-hybridized carbons (Fsp3) is 0.350. The van der Waals surface area contributed by atoms with Crippen LogP contribution in [-0.4, -0.2) is 32.1 Å². The van der Waals surface area contributed by atoms with Crippen molar-refractivity contribution in [2.24, 2.45) is 0 Å². The Morgan fingerprint density at radius 1 is 1.19 bits per heavy atom. The molecular formula is C20H22F2N2O2. The average Bonchev–Trinajstić information content (AvgIpc) is 2.65. The maximum Gasteiger partial charge on any atom is 0.251 e. The molecule has 138 valence electrons. The van der Waals surface area contributed by atoms with E-state index >= 15 is 0 Å². The molecule has 0 spiro atoms. The Balaban J connectivity index is 1.73. The van der Waals surface area contributed by atoms with Crippen molar-refractivity contribution < 1.29 is 18.3 Å². The molecule has 1 aliphatic rings. The lowest BCUT2D eigenvalue weighted by Crippen LogP contribution is -2.50. The summed E-state index contributed by atoms with van der Waals surface area (Å²) in [5, 5.41) is 6.26. The normalized spacial score (nSPS) is 20.0. The van der Waals surface area contributed by atoms with E-state index in [4.69, 9.17) is 4.74 Å². The minimum Gasteiger partial charge on any atom is -0.380 e. The first-order chi connectivity index (χ1) is 12.6. The highest BCUT2D eigenvalue weighted by Crippen LogP contribution is 2.27. The van der Waals surface area contributed by atoms with Crippen LogP contribution in [0, 0.1) is 11.6 Å². The number of halogens is 2. The van der Waals surface area contributed by atoms with E-state index in [-0.39, 0.29) is 17.9 Å². The minimum absolute atomic E-state index is 0.0666. The third-order valence-corrected chi connectivity index (χ3v) is 4.70. The van der Waals surface area contributed by atoms with Gasteiger partial charge in [0.2, 0.25) is 0 Å². The molecular weight excluding hydrogens is 338 g/mol. The second kappa shape index (κ2) is 8.38. The molecule has 0 bridgehead atoms. The average molecular weight is 360 g/mol. The zero-order valence-corrected chi connectivity index (χ0v) is 14.6. The van der Waals surface area contributed by atoms with Crippen molar-refractivity contribution >= 4 is 5.91 Å². The highest BCUT2D eigenvalue weighted by atomic mass is 19.2. The number of hydrogen-bond donors (Lipinski definition) is 2. The highest BCUT2D eigenvalue weighted by molar-refractivity contribution is 5.94. The van der Waals surface area contributed by atoms with Crippen LogP contribution in [0.25, 0.3) is 0 Å². The van der Waals surface area contributed by atoms with E-state index in [1.165, 1.54) is 6.07 Å². The molecule has 2 aromatic rings. The molecule has 0 saturated carbocycles. The number of ether oxygens (including phenoxy) is 1. The maximum absolute atomic E-state index is 13.6. The van der Waals surface area contributed by atoms with Crippen LogP contribution in [0.15, 0.2) is 42.5 Å². The standard InChI is InChI=1S/C20H22F2N2O2/c1-26-12-13-2-4-14(5-3-13)20(25)24-19-11-23-9-8-16(19)15-6-7-17(21)18(22)10-15/h2-7,10,16,19,23H,8-9,11-12H2,1H3,(H,24,25). The van der Waals surface area contributed by atoms with E-state index in [9.17, 15) is 13.6 Å². The summed E-state index contributed by atoms with van der Waals surface area (Å²) in [7, 11) is 1.62. The number of hydrogen-bond acceptors (Lipinski definition) is 3. The summed E-state index contributed by atoms with van der Waals surface area (Å²) >= 11 is 0. The summed E-state index contributed by atoms with van der Waals surface area (Å²) in [6.45, 7) is 1.84. The van der Waals surface area contributed by atoms with E-state index in [2.05, 4.69) is 10.6 Å². The second-order valence-corrected chi connectivity index (χ2v) is 6.48. The predicted octanol–water partition coefficient (Wildman–Crippen LogP) is 2.99. The number of rotatable bonds is 5. The summed E-state index contributed by atoms with van der Waals surface area (Å²) < 4.78 is 31.9. The SMILES string of the molecule is COCc1ccc(C(=O)NC2CNCCC2c2ccc(F)c(F)c2)cc1. The van der Waals surface area contributed by atoms with Crippen molar-refractivity contribution in [1.29, 1.82) is 0 Å². The van der Waals surface area contributed by atoms with Gasteiger partial charge in [-0.2, -0.15) is 0 Å². The quantitative estimate of drug-likeness (QED) is 0.862. The van der Waals surface area contributed by atoms with Crippen molar-refractivity contribution in [2.75, 3.05) is 20.2 Å². The zero-order valence-electron chi connectivity index (χ0n) is 14.6. The number of amides is 1. The number of carbonyl (C=O) groups is 1. The smallest absolute Gasteiger partial charge is 0.251 e. The molecule has 2 N–H and O–H groups in total. The van der Waals surface area contributed by atoms with Gasteiger partial charge in [0.15, 0.2) is 11.6 Å². The van der Waals surface area contributed by atoms with Gasteiger partial charge >= 0.3 is 0 Å². The van der Waals surface area contributed by atoms with Gasteiger partial charge in [-0.25, -0.2) is 8.78 Å². The molecule has 1 amide bonds. The molecule has 0 aromatic heterocycles. The molecule has 1 aliphatic heterocycles. The van der Waals surface area contributed by atoms with Crippen molar-refractivity contribution in [3.8, 4) is 0 Å². The lowest BCUT2D eigenvalue weighted by molar-refractivity contribution is 0.0924. The van der Waals surface area contributed by atoms with Crippen LogP contribution in [0.3, 0.4) is 0 Å². The lowest BCUT2D eigenvalue weighted by atomic mass is 9.85. The van der Waals surface area contributed by atoms with Gasteiger partial charge in [0.25, 0.3) is 5.91 Å². The van der Waals surface area contributed by atoms with Crippen molar-refractivity contribution in [3.05, 3.63) is 70.8 Å². The minimum atomic E-state index is -0.862. The first-order valence-corrected chi connectivity index (χ1v) is 8.63. The Morgan fingerprint density at radius 2 is 1.96 bits per heavy atom. The Kier molecular flexibility index (Phi) is 5.96. The molecule has 0 radical (unpaired) electrons. The number of benzene rings is 2. The first-order valence-electron chi connectivity index (χ1n) is 8.63. The van der Waals surface area contributed by atoms with Crippen molar-refractivity contribution in [1.82, 2.24) is 10.6 Å². The predicted molar refractivity (Wildman–Crippen MR) is 95.0 cm³/mol. The summed E-state index contributed by atoms with van der Waals surface area (Å²) in [6, 6.07) is 11.0. The Labute approximate surface area is 151 Å². The molecule has 2 unspecified atom stereocenters. The van der Waals surface area contributed by atoms with Gasteiger partial charge in [-0.3, -0.25) is 4.79 Å². The van der Waals surface area contributed by atoms with Gasteiger partial charge in [0.1, 0.15) is 0 Å². The van der Waals surface area contributed by atoms with E-state index in [0.717, 1.165) is 24.6 Å². The van der Waals surface area contributed by atoms with E-state index in [1.54, 1.807) is 25.3 Å². The maximum atomic E-state index is 13.6. The summed E-state index contributed by atoms with van der Waals surface area (Å²) in [6.07, 6.45) is 0.739. The van der Waals surface area contributed by atoms with Crippen LogP contribution in [0.4, 0.5) is 8.78 Å². The van der Waals surface area contributed by atoms with E-state index < -0.39 is 11.6 Å². The molecule has 1 heterocycles. The van der Waals surface area contributed by atoms with Crippen molar-refractivity contribution in [2.45, 2.75) is 25.0 Å². The fourth-order valence-electron chi connectivity index (χ4n) is 3.32. The monoisotopic (exact) mass is 360 g/mol. The van der Waals surface area contributed by atoms with Crippen LogP contribution in [-0.2, 0) is 11.3 Å². The van der Waals surface area contributed by atoms with Crippen LogP contribution in [0.2, 0.25) is 0 Å². The Hall–Kier alpha value is -2.31. The lowest BCUT2D eigenvalue weighted by Gasteiger charge is -2.33. The second-order valence-electron chi connectivity index (χ2n) is 6.48.